The predicted octanol–water partition coefficient (Wildman–Crippen LogP) is 5.10. The number of rotatable bonds is 5. The van der Waals surface area contributed by atoms with Crippen LogP contribution < -0.4 is 4.74 Å². The second-order valence-corrected chi connectivity index (χ2v) is 6.98. The summed E-state index contributed by atoms with van der Waals surface area (Å²) in [7, 11) is 0. The van der Waals surface area contributed by atoms with Gasteiger partial charge in [0.25, 0.3) is 0 Å². The van der Waals surface area contributed by atoms with Crippen LogP contribution in [0.5, 0.6) is 5.75 Å². The molecule has 1 saturated carbocycles. The number of ether oxygens (including phenoxy) is 3. The first-order valence-electron chi connectivity index (χ1n) is 9.03. The molecule has 0 radical (unpaired) electrons. The van der Waals surface area contributed by atoms with Gasteiger partial charge in [0.15, 0.2) is 6.29 Å². The van der Waals surface area contributed by atoms with Gasteiger partial charge in [0, 0.05) is 17.4 Å². The molecule has 0 N–H and O–H groups in total. The van der Waals surface area contributed by atoms with E-state index in [2.05, 4.69) is 18.2 Å². The first kappa shape index (κ1) is 17.8. The topological polar surface area (TPSA) is 27.7 Å². The van der Waals surface area contributed by atoms with Gasteiger partial charge in [0.1, 0.15) is 5.75 Å². The summed E-state index contributed by atoms with van der Waals surface area (Å²) in [6.07, 6.45) is 6.75. The standard InChI is InChI=1S/C20H27ClO3/c1-2-22-19-9-7-16(8-10-19)18-13-23-20(24-14-18)17-5-3-15(4-6-17)11-12-21/h7-12,15,17-18,20H,2-6,13-14H2,1H3/b12-11+/t15-,17-,18-,20-. The van der Waals surface area contributed by atoms with Gasteiger partial charge in [0.2, 0.25) is 0 Å². The fourth-order valence-corrected chi connectivity index (χ4v) is 3.90. The van der Waals surface area contributed by atoms with Crippen molar-refractivity contribution in [3.8, 4) is 5.75 Å². The van der Waals surface area contributed by atoms with Crippen molar-refractivity contribution in [3.05, 3.63) is 41.4 Å². The highest BCUT2D eigenvalue weighted by Crippen LogP contribution is 2.35. The van der Waals surface area contributed by atoms with E-state index in [1.54, 1.807) is 5.54 Å². The minimum atomic E-state index is -0.0371. The molecule has 1 aliphatic carbocycles. The molecule has 0 aromatic heterocycles. The van der Waals surface area contributed by atoms with Crippen molar-refractivity contribution < 1.29 is 14.2 Å². The van der Waals surface area contributed by atoms with E-state index >= 15 is 0 Å². The summed E-state index contributed by atoms with van der Waals surface area (Å²) < 4.78 is 17.6. The predicted molar refractivity (Wildman–Crippen MR) is 96.5 cm³/mol. The van der Waals surface area contributed by atoms with Crippen molar-refractivity contribution in [2.45, 2.75) is 44.8 Å². The van der Waals surface area contributed by atoms with Gasteiger partial charge in [-0.1, -0.05) is 29.8 Å². The molecule has 1 aromatic carbocycles. The van der Waals surface area contributed by atoms with Gasteiger partial charge in [-0.15, -0.1) is 0 Å². The quantitative estimate of drug-likeness (QED) is 0.739. The van der Waals surface area contributed by atoms with E-state index in [-0.39, 0.29) is 6.29 Å². The third-order valence-electron chi connectivity index (χ3n) is 5.13. The second kappa shape index (κ2) is 8.89. The Balaban J connectivity index is 1.47. The lowest BCUT2D eigenvalue weighted by Crippen LogP contribution is -2.37. The molecule has 132 valence electrons. The molecule has 2 fully saturated rings. The fourth-order valence-electron chi connectivity index (χ4n) is 3.70. The van der Waals surface area contributed by atoms with Crippen molar-refractivity contribution >= 4 is 11.6 Å². The highest BCUT2D eigenvalue weighted by atomic mass is 35.5. The van der Waals surface area contributed by atoms with Crippen LogP contribution in [-0.4, -0.2) is 26.1 Å². The van der Waals surface area contributed by atoms with Gasteiger partial charge in [-0.05, 0) is 56.2 Å². The molecule has 1 aliphatic heterocycles. The van der Waals surface area contributed by atoms with Gasteiger partial charge in [-0.2, -0.15) is 0 Å². The van der Waals surface area contributed by atoms with Crippen LogP contribution in [0.4, 0.5) is 0 Å². The Morgan fingerprint density at radius 1 is 1.08 bits per heavy atom. The lowest BCUT2D eigenvalue weighted by atomic mass is 9.81. The van der Waals surface area contributed by atoms with E-state index in [0.29, 0.717) is 24.4 Å². The van der Waals surface area contributed by atoms with Crippen LogP contribution in [0.1, 0.15) is 44.1 Å². The molecule has 0 amide bonds. The van der Waals surface area contributed by atoms with Crippen molar-refractivity contribution in [2.75, 3.05) is 19.8 Å². The lowest BCUT2D eigenvalue weighted by molar-refractivity contribution is -0.217. The smallest absolute Gasteiger partial charge is 0.160 e. The monoisotopic (exact) mass is 350 g/mol. The molecule has 2 aliphatic rings. The molecule has 1 heterocycles. The second-order valence-electron chi connectivity index (χ2n) is 6.73. The van der Waals surface area contributed by atoms with Crippen LogP contribution in [-0.2, 0) is 9.47 Å². The van der Waals surface area contributed by atoms with E-state index in [4.69, 9.17) is 25.8 Å². The molecule has 3 nitrogen and oxygen atoms in total. The van der Waals surface area contributed by atoms with E-state index in [1.807, 2.05) is 19.1 Å². The number of halogens is 1. The Kier molecular flexibility index (Phi) is 6.59. The van der Waals surface area contributed by atoms with Gasteiger partial charge in [-0.3, -0.25) is 0 Å². The van der Waals surface area contributed by atoms with E-state index in [0.717, 1.165) is 31.8 Å². The van der Waals surface area contributed by atoms with Crippen LogP contribution >= 0.6 is 11.6 Å². The Bertz CT molecular complexity index is 512. The number of allylic oxidation sites excluding steroid dienone is 1. The summed E-state index contributed by atoms with van der Waals surface area (Å²) in [5.41, 5.74) is 2.91. The Morgan fingerprint density at radius 2 is 1.75 bits per heavy atom. The van der Waals surface area contributed by atoms with Crippen molar-refractivity contribution in [2.24, 2.45) is 11.8 Å². The summed E-state index contributed by atoms with van der Waals surface area (Å²) in [5, 5.41) is 0. The minimum Gasteiger partial charge on any atom is -0.494 e. The maximum Gasteiger partial charge on any atom is 0.160 e. The summed E-state index contributed by atoms with van der Waals surface area (Å²) >= 11 is 5.68. The highest BCUT2D eigenvalue weighted by molar-refractivity contribution is 6.25. The first-order chi connectivity index (χ1) is 11.8. The molecule has 0 unspecified atom stereocenters. The molecule has 3 rings (SSSR count). The van der Waals surface area contributed by atoms with Crippen LogP contribution in [0.3, 0.4) is 0 Å². The van der Waals surface area contributed by atoms with Gasteiger partial charge in [-0.25, -0.2) is 0 Å². The van der Waals surface area contributed by atoms with Crippen molar-refractivity contribution in [1.82, 2.24) is 0 Å². The minimum absolute atomic E-state index is 0.0371. The fraction of sp³-hybridized carbons (Fsp3) is 0.600. The van der Waals surface area contributed by atoms with Gasteiger partial charge >= 0.3 is 0 Å². The number of benzene rings is 1. The van der Waals surface area contributed by atoms with Gasteiger partial charge < -0.3 is 14.2 Å². The van der Waals surface area contributed by atoms with Crippen LogP contribution in [0.25, 0.3) is 0 Å². The maximum atomic E-state index is 6.06. The lowest BCUT2D eigenvalue weighted by Gasteiger charge is -2.37. The highest BCUT2D eigenvalue weighted by Gasteiger charge is 2.32. The molecule has 1 aromatic rings. The maximum absolute atomic E-state index is 6.06. The SMILES string of the molecule is CCOc1ccc([C@H]2CO[C@H]([C@H]3CC[C@H](/C=C/Cl)CC3)OC2)cc1. The first-order valence-corrected chi connectivity index (χ1v) is 9.46. The van der Waals surface area contributed by atoms with Gasteiger partial charge in [0.05, 0.1) is 19.8 Å². The largest absolute Gasteiger partial charge is 0.494 e. The average Bonchev–Trinajstić information content (AvgIpc) is 2.64. The molecule has 0 spiro atoms. The molecule has 0 bridgehead atoms. The third-order valence-corrected chi connectivity index (χ3v) is 5.28. The molecular weight excluding hydrogens is 324 g/mol. The van der Waals surface area contributed by atoms with Crippen LogP contribution in [0.15, 0.2) is 35.9 Å². The van der Waals surface area contributed by atoms with E-state index < -0.39 is 0 Å². The number of hydrogen-bond acceptors (Lipinski definition) is 3. The zero-order chi connectivity index (χ0) is 16.8. The molecular formula is C20H27ClO3. The van der Waals surface area contributed by atoms with E-state index in [9.17, 15) is 0 Å². The summed E-state index contributed by atoms with van der Waals surface area (Å²) in [6.45, 7) is 4.16. The van der Waals surface area contributed by atoms with Crippen LogP contribution in [0.2, 0.25) is 0 Å². The molecule has 1 saturated heterocycles. The van der Waals surface area contributed by atoms with Crippen molar-refractivity contribution in [3.63, 3.8) is 0 Å². The zero-order valence-corrected chi connectivity index (χ0v) is 15.1. The van der Waals surface area contributed by atoms with Crippen molar-refractivity contribution in [1.29, 1.82) is 0 Å². The number of hydrogen-bond donors (Lipinski definition) is 0. The zero-order valence-electron chi connectivity index (χ0n) is 14.3. The van der Waals surface area contributed by atoms with Crippen LogP contribution in [0, 0.1) is 11.8 Å². The average molecular weight is 351 g/mol. The Hall–Kier alpha value is -1.03. The summed E-state index contributed by atoms with van der Waals surface area (Å²) in [5.74, 6) is 2.37. The summed E-state index contributed by atoms with van der Waals surface area (Å²) in [4.78, 5) is 0. The van der Waals surface area contributed by atoms with E-state index in [1.165, 1.54) is 18.4 Å². The normalized spacial score (nSPS) is 31.2. The third kappa shape index (κ3) is 4.53. The Labute approximate surface area is 149 Å². The molecule has 24 heavy (non-hydrogen) atoms. The molecule has 0 atom stereocenters. The molecule has 4 heteroatoms. The summed E-state index contributed by atoms with van der Waals surface area (Å²) in [6, 6.07) is 8.28. The Morgan fingerprint density at radius 3 is 2.33 bits per heavy atom.